The number of likely N-dealkylation sites (tertiary alicyclic amines) is 1. The van der Waals surface area contributed by atoms with Gasteiger partial charge in [0.25, 0.3) is 0 Å². The number of guanidine groups is 1. The van der Waals surface area contributed by atoms with E-state index >= 15 is 0 Å². The van der Waals surface area contributed by atoms with E-state index in [9.17, 15) is 0 Å². The maximum atomic E-state index is 4.83. The average Bonchev–Trinajstić information content (AvgIpc) is 3.13. The monoisotopic (exact) mass is 492 g/mol. The quantitative estimate of drug-likeness (QED) is 0.239. The largest absolute Gasteiger partial charge is 0.357 e. The van der Waals surface area contributed by atoms with E-state index in [1.807, 2.05) is 11.3 Å². The number of piperidine rings is 1. The Hall–Kier alpha value is -0.340. The lowest BCUT2D eigenvalue weighted by Gasteiger charge is -2.33. The van der Waals surface area contributed by atoms with Gasteiger partial charge in [-0.3, -0.25) is 4.99 Å². The van der Waals surface area contributed by atoms with Crippen LogP contribution in [0.25, 0.3) is 0 Å². The van der Waals surface area contributed by atoms with E-state index in [1.54, 1.807) is 0 Å². The Morgan fingerprint density at radius 2 is 2.23 bits per heavy atom. The third kappa shape index (κ3) is 8.57. The van der Waals surface area contributed by atoms with Crippen LogP contribution in [0.2, 0.25) is 0 Å². The first-order valence-corrected chi connectivity index (χ1v) is 10.8. The molecule has 1 fully saturated rings. The molecule has 0 aromatic carbocycles. The number of aliphatic imine (C=N–C) groups is 1. The minimum atomic E-state index is 0. The van der Waals surface area contributed by atoms with Crippen LogP contribution >= 0.6 is 35.3 Å². The molecule has 2 heterocycles. The molecule has 1 aliphatic rings. The van der Waals surface area contributed by atoms with Crippen molar-refractivity contribution >= 4 is 41.3 Å². The predicted octanol–water partition coefficient (Wildman–Crippen LogP) is 4.46. The van der Waals surface area contributed by atoms with E-state index in [0.717, 1.165) is 38.1 Å². The smallest absolute Gasteiger partial charge is 0.193 e. The first-order chi connectivity index (χ1) is 12.2. The zero-order chi connectivity index (χ0) is 17.9. The lowest BCUT2D eigenvalue weighted by Crippen LogP contribution is -2.40. The summed E-state index contributed by atoms with van der Waals surface area (Å²) in [7, 11) is 2.14. The zero-order valence-corrected chi connectivity index (χ0v) is 19.9. The van der Waals surface area contributed by atoms with Crippen LogP contribution in [-0.4, -0.2) is 61.6 Å². The molecule has 0 bridgehead atoms. The number of unbranched alkanes of at least 4 members (excludes halogenated alkanes) is 1. The van der Waals surface area contributed by atoms with Gasteiger partial charge in [-0.15, -0.1) is 35.3 Å². The van der Waals surface area contributed by atoms with Crippen LogP contribution < -0.4 is 5.32 Å². The van der Waals surface area contributed by atoms with Crippen LogP contribution in [0.15, 0.2) is 22.5 Å². The van der Waals surface area contributed by atoms with Crippen molar-refractivity contribution in [1.29, 1.82) is 0 Å². The van der Waals surface area contributed by atoms with E-state index in [1.165, 1.54) is 50.1 Å². The molecule has 150 valence electrons. The van der Waals surface area contributed by atoms with E-state index < -0.39 is 0 Å². The summed E-state index contributed by atoms with van der Waals surface area (Å²) >= 11 is 1.84. The summed E-state index contributed by atoms with van der Waals surface area (Å²) < 4.78 is 0. The number of thiophene rings is 1. The van der Waals surface area contributed by atoms with Crippen LogP contribution in [0.1, 0.15) is 50.8 Å². The maximum absolute atomic E-state index is 4.83. The fourth-order valence-electron chi connectivity index (χ4n) is 3.41. The Morgan fingerprint density at radius 1 is 1.38 bits per heavy atom. The van der Waals surface area contributed by atoms with Crippen molar-refractivity contribution in [2.45, 2.75) is 58.4 Å². The molecule has 1 aliphatic heterocycles. The summed E-state index contributed by atoms with van der Waals surface area (Å²) in [5, 5.41) is 5.58. The molecule has 0 spiro atoms. The van der Waals surface area contributed by atoms with Gasteiger partial charge in [0.05, 0.1) is 0 Å². The number of nitrogens with one attached hydrogen (secondary N) is 1. The van der Waals surface area contributed by atoms with E-state index in [0.29, 0.717) is 0 Å². The molecule has 26 heavy (non-hydrogen) atoms. The molecule has 1 aromatic rings. The number of likely N-dealkylation sites (N-methyl/N-ethyl adjacent to an activating group) is 1. The van der Waals surface area contributed by atoms with Crippen molar-refractivity contribution in [3.05, 3.63) is 22.4 Å². The van der Waals surface area contributed by atoms with Gasteiger partial charge in [0.15, 0.2) is 5.96 Å². The molecule has 6 heteroatoms. The summed E-state index contributed by atoms with van der Waals surface area (Å²) in [5.41, 5.74) is 0. The Morgan fingerprint density at radius 3 is 2.92 bits per heavy atom. The predicted molar refractivity (Wildman–Crippen MR) is 126 cm³/mol. The van der Waals surface area contributed by atoms with Gasteiger partial charge in [-0.25, -0.2) is 0 Å². The molecule has 0 saturated carbocycles. The lowest BCUT2D eigenvalue weighted by molar-refractivity contribution is 0.158. The highest BCUT2D eigenvalue weighted by atomic mass is 127. The van der Waals surface area contributed by atoms with Gasteiger partial charge >= 0.3 is 0 Å². The normalized spacial score (nSPS) is 18.4. The summed E-state index contributed by atoms with van der Waals surface area (Å²) in [5.74, 6) is 1.05. The average molecular weight is 493 g/mol. The van der Waals surface area contributed by atoms with Crippen molar-refractivity contribution in [1.82, 2.24) is 15.1 Å². The number of nitrogens with zero attached hydrogens (tertiary/aromatic N) is 3. The van der Waals surface area contributed by atoms with Crippen molar-refractivity contribution in [2.75, 3.05) is 39.8 Å². The second-order valence-electron chi connectivity index (χ2n) is 7.07. The van der Waals surface area contributed by atoms with Gasteiger partial charge in [-0.1, -0.05) is 12.5 Å². The highest BCUT2D eigenvalue weighted by Crippen LogP contribution is 2.16. The summed E-state index contributed by atoms with van der Waals surface area (Å²) in [4.78, 5) is 11.2. The highest BCUT2D eigenvalue weighted by Gasteiger charge is 2.17. The van der Waals surface area contributed by atoms with Gasteiger partial charge < -0.3 is 15.1 Å². The van der Waals surface area contributed by atoms with Crippen molar-refractivity contribution < 1.29 is 0 Å². The Balaban J connectivity index is 0.00000338. The third-order valence-corrected chi connectivity index (χ3v) is 5.96. The third-order valence-electron chi connectivity index (χ3n) is 5.03. The second-order valence-corrected chi connectivity index (χ2v) is 8.11. The van der Waals surface area contributed by atoms with E-state index in [2.05, 4.69) is 53.5 Å². The highest BCUT2D eigenvalue weighted by molar-refractivity contribution is 14.0. The summed E-state index contributed by atoms with van der Waals surface area (Å²) in [6, 6.07) is 5.12. The molecule has 1 saturated heterocycles. The second kappa shape index (κ2) is 13.8. The number of hydrogen-bond donors (Lipinski definition) is 1. The minimum Gasteiger partial charge on any atom is -0.357 e. The van der Waals surface area contributed by atoms with Crippen LogP contribution in [0.3, 0.4) is 0 Å². The van der Waals surface area contributed by atoms with Gasteiger partial charge in [-0.2, -0.15) is 0 Å². The molecule has 1 unspecified atom stereocenters. The first kappa shape index (κ1) is 23.7. The summed E-state index contributed by atoms with van der Waals surface area (Å²) in [6.07, 6.45) is 7.68. The van der Waals surface area contributed by atoms with E-state index in [-0.39, 0.29) is 24.0 Å². The van der Waals surface area contributed by atoms with Gasteiger partial charge in [0.2, 0.25) is 0 Å². The standard InChI is InChI=1S/C20H36N4S.HI/c1-4-21-20(23(3)16-12-19-11-9-17-25-19)22-13-6-8-15-24-14-7-5-10-18(24)2;/h9,11,17-18H,4-8,10,12-16H2,1-3H3,(H,21,22);1H. The number of halogens is 1. The molecular weight excluding hydrogens is 455 g/mol. The van der Waals surface area contributed by atoms with Crippen molar-refractivity contribution in [3.8, 4) is 0 Å². The molecule has 0 amide bonds. The van der Waals surface area contributed by atoms with Crippen molar-refractivity contribution in [2.24, 2.45) is 4.99 Å². The molecule has 4 nitrogen and oxygen atoms in total. The van der Waals surface area contributed by atoms with Crippen LogP contribution in [0, 0.1) is 0 Å². The van der Waals surface area contributed by atoms with E-state index in [4.69, 9.17) is 4.99 Å². The Kier molecular flexibility index (Phi) is 12.6. The molecule has 1 aromatic heterocycles. The summed E-state index contributed by atoms with van der Waals surface area (Å²) in [6.45, 7) is 9.91. The number of hydrogen-bond acceptors (Lipinski definition) is 3. The molecule has 0 aliphatic carbocycles. The first-order valence-electron chi connectivity index (χ1n) is 9.96. The fraction of sp³-hybridized carbons (Fsp3) is 0.750. The maximum Gasteiger partial charge on any atom is 0.193 e. The van der Waals surface area contributed by atoms with Gasteiger partial charge in [0.1, 0.15) is 0 Å². The minimum absolute atomic E-state index is 0. The Labute approximate surface area is 181 Å². The molecule has 1 N–H and O–H groups in total. The molecular formula is C20H37IN4S. The van der Waals surface area contributed by atoms with Crippen LogP contribution in [0.4, 0.5) is 0 Å². The number of rotatable bonds is 9. The van der Waals surface area contributed by atoms with Gasteiger partial charge in [0, 0.05) is 37.6 Å². The van der Waals surface area contributed by atoms with Gasteiger partial charge in [-0.05, 0) is 70.5 Å². The van der Waals surface area contributed by atoms with Crippen LogP contribution in [0.5, 0.6) is 0 Å². The zero-order valence-electron chi connectivity index (χ0n) is 16.7. The van der Waals surface area contributed by atoms with Crippen LogP contribution in [-0.2, 0) is 6.42 Å². The molecule has 2 rings (SSSR count). The molecule has 1 atom stereocenters. The van der Waals surface area contributed by atoms with Crippen molar-refractivity contribution in [3.63, 3.8) is 0 Å². The Bertz CT molecular complexity index is 492. The lowest BCUT2D eigenvalue weighted by atomic mass is 10.0. The molecule has 0 radical (unpaired) electrons. The fourth-order valence-corrected chi connectivity index (χ4v) is 4.11. The SMILES string of the molecule is CCNC(=NCCCCN1CCCCC1C)N(C)CCc1cccs1.I. The topological polar surface area (TPSA) is 30.9 Å².